The Morgan fingerprint density at radius 1 is 0.554 bits per heavy atom. The fourth-order valence-electron chi connectivity index (χ4n) is 9.27. The lowest BCUT2D eigenvalue weighted by molar-refractivity contribution is -0.141. The van der Waals surface area contributed by atoms with Crippen molar-refractivity contribution in [1.82, 2.24) is 40.9 Å². The number of nitrogens with zero attached hydrogens (tertiary/aromatic N) is 4. The van der Waals surface area contributed by atoms with Crippen LogP contribution in [0.2, 0.25) is 0 Å². The maximum atomic E-state index is 14.1. The molecule has 1 aliphatic heterocycles. The summed E-state index contributed by atoms with van der Waals surface area (Å²) in [6, 6.07) is 9.74. The number of ketones is 1. The van der Waals surface area contributed by atoms with Crippen LogP contribution in [0.4, 0.5) is 4.79 Å². The van der Waals surface area contributed by atoms with Crippen LogP contribution in [-0.4, -0.2) is 213 Å². The van der Waals surface area contributed by atoms with Crippen molar-refractivity contribution in [2.75, 3.05) is 91.6 Å². The van der Waals surface area contributed by atoms with Gasteiger partial charge in [0.15, 0.2) is 0 Å². The summed E-state index contributed by atoms with van der Waals surface area (Å²) < 4.78 is 0. The summed E-state index contributed by atoms with van der Waals surface area (Å²) in [5.41, 5.74) is 0.864. The molecule has 4 rings (SSSR count). The smallest absolute Gasteiger partial charge is 0.326 e. The highest BCUT2D eigenvalue weighted by molar-refractivity contribution is 5.89. The van der Waals surface area contributed by atoms with E-state index in [1.807, 2.05) is 47.4 Å². The molecule has 1 saturated carbocycles. The summed E-state index contributed by atoms with van der Waals surface area (Å²) in [7, 11) is 0. The first-order chi connectivity index (χ1) is 35.2. The first-order valence-electron chi connectivity index (χ1n) is 25.1. The standard InChI is InChI=1S/C50H72N8O16/c59-39(29-55-17-19-56(30-43(62)63)21-23-58(32-45(66)67)24-22-57(20-18-55)31-44(64)65)27-38(26-34-10-11-35-5-1-2-6-37(35)25-34)47(69)52-28-33-8-12-36(13-9-33)46(68)51-16-4-3-7-40(48(70)71)53-50(74)54-41(49(72)73)14-15-42(60)61/h1-2,5-6,10-11,25,33,36,38,40-41H,3-4,7-9,12-24,26-32H2,(H,51,68)(H,52,69)(H,60,61)(H,62,63)(H,64,65)(H,66,67)(H,70,71)(H,72,73)(H2,53,54,74)/t33?,36?,38?,40-,41-/m0/s1. The number of carbonyl (C=O) groups is 10. The van der Waals surface area contributed by atoms with Crippen molar-refractivity contribution in [2.45, 2.75) is 82.7 Å². The fraction of sp³-hybridized carbons (Fsp3) is 0.600. The van der Waals surface area contributed by atoms with Crippen molar-refractivity contribution in [1.29, 1.82) is 0 Å². The predicted octanol–water partition coefficient (Wildman–Crippen LogP) is 0.713. The van der Waals surface area contributed by atoms with Crippen molar-refractivity contribution in [3.8, 4) is 0 Å². The molecule has 1 unspecified atom stereocenters. The molecule has 0 radical (unpaired) electrons. The van der Waals surface area contributed by atoms with Gasteiger partial charge in [-0.1, -0.05) is 42.5 Å². The van der Waals surface area contributed by atoms with E-state index in [9.17, 15) is 73.5 Å². The molecule has 10 N–H and O–H groups in total. The van der Waals surface area contributed by atoms with Gasteiger partial charge in [-0.05, 0) is 80.0 Å². The molecule has 74 heavy (non-hydrogen) atoms. The zero-order chi connectivity index (χ0) is 54.2. The molecule has 0 aromatic heterocycles. The van der Waals surface area contributed by atoms with E-state index in [1.54, 1.807) is 14.7 Å². The molecule has 2 aromatic rings. The van der Waals surface area contributed by atoms with Gasteiger partial charge in [0, 0.05) is 90.1 Å². The van der Waals surface area contributed by atoms with Crippen molar-refractivity contribution in [3.63, 3.8) is 0 Å². The Labute approximate surface area is 428 Å². The van der Waals surface area contributed by atoms with Crippen LogP contribution in [0.15, 0.2) is 42.5 Å². The minimum absolute atomic E-state index is 0.0127. The van der Waals surface area contributed by atoms with Gasteiger partial charge in [-0.25, -0.2) is 14.4 Å². The van der Waals surface area contributed by atoms with Gasteiger partial charge in [0.25, 0.3) is 0 Å². The summed E-state index contributed by atoms with van der Waals surface area (Å²) in [5, 5.41) is 68.7. The number of hydrogen-bond donors (Lipinski definition) is 10. The number of benzene rings is 2. The second-order valence-corrected chi connectivity index (χ2v) is 19.2. The highest BCUT2D eigenvalue weighted by Gasteiger charge is 2.30. The molecule has 1 aliphatic carbocycles. The maximum Gasteiger partial charge on any atom is 0.326 e. The topological polar surface area (TPSA) is 353 Å². The average molecular weight is 1040 g/mol. The highest BCUT2D eigenvalue weighted by atomic mass is 16.4. The molecule has 0 bridgehead atoms. The normalized spacial score (nSPS) is 18.8. The number of hydrogen-bond acceptors (Lipinski definition) is 14. The monoisotopic (exact) mass is 1040 g/mol. The van der Waals surface area contributed by atoms with Crippen LogP contribution in [0.25, 0.3) is 10.8 Å². The number of fused-ring (bicyclic) bond motifs is 1. The second kappa shape index (κ2) is 31.1. The quantitative estimate of drug-likeness (QED) is 0.0525. The number of carboxylic acid groups (broad SMARTS) is 6. The predicted molar refractivity (Wildman–Crippen MR) is 266 cm³/mol. The van der Waals surface area contributed by atoms with E-state index in [0.717, 1.165) is 16.3 Å². The minimum atomic E-state index is -1.53. The maximum absolute atomic E-state index is 14.1. The fourth-order valence-corrected chi connectivity index (χ4v) is 9.27. The van der Waals surface area contributed by atoms with E-state index < -0.39 is 72.7 Å². The van der Waals surface area contributed by atoms with Crippen LogP contribution < -0.4 is 21.3 Å². The number of Topliss-reactive ketones (excluding diaryl/α,β-unsaturated/α-hetero) is 1. The molecule has 2 aromatic carbocycles. The number of urea groups is 1. The van der Waals surface area contributed by atoms with Crippen LogP contribution in [0.1, 0.15) is 69.8 Å². The van der Waals surface area contributed by atoms with Gasteiger partial charge in [-0.15, -0.1) is 0 Å². The van der Waals surface area contributed by atoms with Crippen molar-refractivity contribution in [2.24, 2.45) is 17.8 Å². The molecular formula is C50H72N8O16. The Balaban J connectivity index is 1.31. The molecule has 4 amide bonds. The number of aliphatic carboxylic acids is 6. The lowest BCUT2D eigenvalue weighted by Crippen LogP contribution is -2.51. The SMILES string of the molecule is O=C(O)CC[C@H](NC(=O)N[C@@H](CCCCNC(=O)C1CCC(CNC(=O)C(CC(=O)CN2CCN(CC(=O)O)CCN(CC(=O)O)CCN(CC(=O)O)CC2)Cc2ccc3ccccc3c2)CC1)C(=O)O)C(=O)O. The Morgan fingerprint density at radius 3 is 1.55 bits per heavy atom. The molecule has 408 valence electrons. The van der Waals surface area contributed by atoms with Gasteiger partial charge in [-0.2, -0.15) is 0 Å². The summed E-state index contributed by atoms with van der Waals surface area (Å²) >= 11 is 0. The summed E-state index contributed by atoms with van der Waals surface area (Å²) in [6.45, 7) is 1.53. The molecule has 24 heteroatoms. The van der Waals surface area contributed by atoms with Crippen molar-refractivity contribution >= 4 is 70.2 Å². The zero-order valence-electron chi connectivity index (χ0n) is 41.7. The molecule has 3 atom stereocenters. The third-order valence-electron chi connectivity index (χ3n) is 13.4. The number of carbonyl (C=O) groups excluding carboxylic acids is 4. The van der Waals surface area contributed by atoms with E-state index in [-0.39, 0.29) is 134 Å². The van der Waals surface area contributed by atoms with E-state index in [4.69, 9.17) is 5.11 Å². The van der Waals surface area contributed by atoms with Crippen LogP contribution in [-0.2, 0) is 49.6 Å². The highest BCUT2D eigenvalue weighted by Crippen LogP contribution is 2.29. The van der Waals surface area contributed by atoms with Gasteiger partial charge in [-0.3, -0.25) is 53.2 Å². The molecule has 24 nitrogen and oxygen atoms in total. The second-order valence-electron chi connectivity index (χ2n) is 19.2. The Kier molecular flexibility index (Phi) is 25.1. The Hall–Kier alpha value is -6.76. The largest absolute Gasteiger partial charge is 0.481 e. The third-order valence-corrected chi connectivity index (χ3v) is 13.4. The van der Waals surface area contributed by atoms with Gasteiger partial charge in [0.2, 0.25) is 11.8 Å². The van der Waals surface area contributed by atoms with Crippen LogP contribution >= 0.6 is 0 Å². The van der Waals surface area contributed by atoms with Crippen molar-refractivity contribution < 1.29 is 78.6 Å². The third kappa shape index (κ3) is 22.6. The first-order valence-corrected chi connectivity index (χ1v) is 25.1. The molecule has 1 saturated heterocycles. The summed E-state index contributed by atoms with van der Waals surface area (Å²) in [5.74, 6) is -8.89. The zero-order valence-corrected chi connectivity index (χ0v) is 41.7. The van der Waals surface area contributed by atoms with E-state index in [2.05, 4.69) is 21.3 Å². The number of amides is 4. The first kappa shape index (κ1) is 59.8. The summed E-state index contributed by atoms with van der Waals surface area (Å²) in [4.78, 5) is 130. The summed E-state index contributed by atoms with van der Waals surface area (Å²) in [6.07, 6.45) is 2.40. The van der Waals surface area contributed by atoms with Crippen LogP contribution in [0, 0.1) is 17.8 Å². The lowest BCUT2D eigenvalue weighted by atomic mass is 9.81. The number of carboxylic acids is 6. The van der Waals surface area contributed by atoms with Gasteiger partial charge < -0.3 is 51.9 Å². The number of nitrogens with one attached hydrogen (secondary N) is 4. The van der Waals surface area contributed by atoms with Crippen LogP contribution in [0.5, 0.6) is 0 Å². The van der Waals surface area contributed by atoms with E-state index >= 15 is 0 Å². The van der Waals surface area contributed by atoms with E-state index in [1.165, 1.54) is 0 Å². The Morgan fingerprint density at radius 2 is 1.05 bits per heavy atom. The van der Waals surface area contributed by atoms with Crippen LogP contribution in [0.3, 0.4) is 0 Å². The van der Waals surface area contributed by atoms with Crippen molar-refractivity contribution in [3.05, 3.63) is 48.0 Å². The molecule has 2 fully saturated rings. The Bertz CT molecular complexity index is 2230. The average Bonchev–Trinajstić information content (AvgIpc) is 3.33. The van der Waals surface area contributed by atoms with Gasteiger partial charge in [0.1, 0.15) is 17.9 Å². The number of rotatable bonds is 28. The lowest BCUT2D eigenvalue weighted by Gasteiger charge is -2.33. The molecule has 1 heterocycles. The van der Waals surface area contributed by atoms with E-state index in [0.29, 0.717) is 45.1 Å². The number of unbranched alkanes of at least 4 members (excludes halogenated alkanes) is 1. The van der Waals surface area contributed by atoms with Gasteiger partial charge >= 0.3 is 41.8 Å². The minimum Gasteiger partial charge on any atom is -0.481 e. The molecule has 2 aliphatic rings. The molecular weight excluding hydrogens is 969 g/mol. The van der Waals surface area contributed by atoms with Gasteiger partial charge in [0.05, 0.1) is 26.2 Å². The molecule has 0 spiro atoms.